The summed E-state index contributed by atoms with van der Waals surface area (Å²) in [6, 6.07) is 21.1. The zero-order chi connectivity index (χ0) is 24.6. The first-order valence-electron chi connectivity index (χ1n) is 11.9. The molecular formula is C29H29NO5. The third-order valence-corrected chi connectivity index (χ3v) is 5.60. The Morgan fingerprint density at radius 3 is 2.14 bits per heavy atom. The molecule has 1 heterocycles. The van der Waals surface area contributed by atoms with Crippen LogP contribution in [0.2, 0.25) is 0 Å². The molecule has 0 bridgehead atoms. The Morgan fingerprint density at radius 1 is 0.800 bits per heavy atom. The molecule has 180 valence electrons. The molecule has 0 aliphatic rings. The smallest absolute Gasteiger partial charge is 0.255 e. The number of ether oxygens (including phenoxy) is 2. The van der Waals surface area contributed by atoms with Crippen LogP contribution in [0.1, 0.15) is 59.6 Å². The van der Waals surface area contributed by atoms with Gasteiger partial charge in [-0.1, -0.05) is 31.9 Å². The minimum absolute atomic E-state index is 0.0830. The van der Waals surface area contributed by atoms with Gasteiger partial charge in [-0.25, -0.2) is 0 Å². The van der Waals surface area contributed by atoms with Crippen LogP contribution in [-0.4, -0.2) is 24.9 Å². The Labute approximate surface area is 204 Å². The number of rotatable bonds is 11. The van der Waals surface area contributed by atoms with E-state index in [-0.39, 0.29) is 17.5 Å². The van der Waals surface area contributed by atoms with E-state index in [1.54, 1.807) is 54.6 Å². The fourth-order valence-corrected chi connectivity index (χ4v) is 3.76. The topological polar surface area (TPSA) is 77.8 Å². The predicted molar refractivity (Wildman–Crippen MR) is 137 cm³/mol. The van der Waals surface area contributed by atoms with Gasteiger partial charge < -0.3 is 19.2 Å². The van der Waals surface area contributed by atoms with Crippen molar-refractivity contribution in [2.75, 3.05) is 18.5 Å². The summed E-state index contributed by atoms with van der Waals surface area (Å²) in [6.45, 7) is 5.24. The van der Waals surface area contributed by atoms with Crippen LogP contribution in [0.3, 0.4) is 0 Å². The van der Waals surface area contributed by atoms with Crippen molar-refractivity contribution in [2.45, 2.75) is 33.1 Å². The minimum Gasteiger partial charge on any atom is -0.494 e. The number of amides is 1. The molecule has 1 amide bonds. The molecule has 4 aromatic rings. The number of unbranched alkanes of at least 4 members (excludes halogenated alkanes) is 2. The first-order chi connectivity index (χ1) is 17.1. The van der Waals surface area contributed by atoms with Gasteiger partial charge in [0, 0.05) is 16.5 Å². The van der Waals surface area contributed by atoms with Crippen LogP contribution >= 0.6 is 0 Å². The molecule has 0 aliphatic carbocycles. The first-order valence-corrected chi connectivity index (χ1v) is 11.9. The molecule has 0 saturated heterocycles. The van der Waals surface area contributed by atoms with E-state index in [4.69, 9.17) is 13.9 Å². The van der Waals surface area contributed by atoms with E-state index >= 15 is 0 Å². The fraction of sp³-hybridized carbons (Fsp3) is 0.241. The Kier molecular flexibility index (Phi) is 7.83. The summed E-state index contributed by atoms with van der Waals surface area (Å²) in [5, 5.41) is 3.55. The second kappa shape index (κ2) is 11.4. The molecule has 0 aliphatic heterocycles. The number of furan rings is 1. The summed E-state index contributed by atoms with van der Waals surface area (Å²) in [5.74, 6) is 0.822. The highest BCUT2D eigenvalue weighted by molar-refractivity contribution is 6.18. The first kappa shape index (κ1) is 24.1. The number of anilines is 1. The summed E-state index contributed by atoms with van der Waals surface area (Å²) >= 11 is 0. The Bertz CT molecular complexity index is 1290. The summed E-state index contributed by atoms with van der Waals surface area (Å²) in [6.07, 6.45) is 3.25. The van der Waals surface area contributed by atoms with Crippen LogP contribution in [-0.2, 0) is 0 Å². The van der Waals surface area contributed by atoms with Gasteiger partial charge in [0.2, 0.25) is 5.78 Å². The van der Waals surface area contributed by atoms with Crippen LogP contribution < -0.4 is 14.8 Å². The standard InChI is InChI=1S/C29H29NO5/c1-3-5-8-19-34-23-17-13-21(14-18-23)29(32)30-26-24-9-6-7-10-25(24)35-28(26)27(31)20-11-15-22(16-12-20)33-4-2/h6-7,9-18H,3-5,8,19H2,1-2H3,(H,30,32). The number of hydrogen-bond donors (Lipinski definition) is 1. The van der Waals surface area contributed by atoms with E-state index in [1.165, 1.54) is 0 Å². The Morgan fingerprint density at radius 2 is 1.46 bits per heavy atom. The molecule has 6 heteroatoms. The van der Waals surface area contributed by atoms with Gasteiger partial charge in [0.15, 0.2) is 5.76 Å². The highest BCUT2D eigenvalue weighted by Gasteiger charge is 2.24. The molecule has 1 N–H and O–H groups in total. The molecular weight excluding hydrogens is 442 g/mol. The second-order valence-corrected chi connectivity index (χ2v) is 8.12. The number of carbonyl (C=O) groups is 2. The van der Waals surface area contributed by atoms with Gasteiger partial charge in [-0.15, -0.1) is 0 Å². The van der Waals surface area contributed by atoms with E-state index in [9.17, 15) is 9.59 Å². The highest BCUT2D eigenvalue weighted by atomic mass is 16.5. The summed E-state index contributed by atoms with van der Waals surface area (Å²) < 4.78 is 17.1. The fourth-order valence-electron chi connectivity index (χ4n) is 3.76. The number of nitrogens with one attached hydrogen (secondary N) is 1. The zero-order valence-corrected chi connectivity index (χ0v) is 20.0. The molecule has 6 nitrogen and oxygen atoms in total. The molecule has 0 fully saturated rings. The van der Waals surface area contributed by atoms with E-state index in [2.05, 4.69) is 12.2 Å². The summed E-state index contributed by atoms with van der Waals surface area (Å²) in [4.78, 5) is 26.4. The zero-order valence-electron chi connectivity index (χ0n) is 20.0. The van der Waals surface area contributed by atoms with Gasteiger partial charge in [0.25, 0.3) is 5.91 Å². The van der Waals surface area contributed by atoms with Gasteiger partial charge in [-0.2, -0.15) is 0 Å². The number of hydrogen-bond acceptors (Lipinski definition) is 5. The van der Waals surface area contributed by atoms with Crippen molar-refractivity contribution in [3.05, 3.63) is 89.7 Å². The summed E-state index contributed by atoms with van der Waals surface area (Å²) in [5.41, 5.74) is 1.76. The number of carbonyl (C=O) groups excluding carboxylic acids is 2. The third kappa shape index (κ3) is 5.72. The number of fused-ring (bicyclic) bond motifs is 1. The molecule has 0 spiro atoms. The van der Waals surface area contributed by atoms with Crippen molar-refractivity contribution in [1.82, 2.24) is 0 Å². The molecule has 0 atom stereocenters. The van der Waals surface area contributed by atoms with E-state index in [0.29, 0.717) is 46.7 Å². The molecule has 3 aromatic carbocycles. The van der Waals surface area contributed by atoms with Crippen molar-refractivity contribution >= 4 is 28.3 Å². The average Bonchev–Trinajstić information content (AvgIpc) is 3.25. The molecule has 0 unspecified atom stereocenters. The van der Waals surface area contributed by atoms with Crippen LogP contribution in [0.4, 0.5) is 5.69 Å². The van der Waals surface area contributed by atoms with Crippen LogP contribution in [0.25, 0.3) is 11.0 Å². The van der Waals surface area contributed by atoms with Crippen LogP contribution in [0.5, 0.6) is 11.5 Å². The van der Waals surface area contributed by atoms with E-state index in [1.807, 2.05) is 25.1 Å². The maximum Gasteiger partial charge on any atom is 0.255 e. The largest absolute Gasteiger partial charge is 0.494 e. The maximum absolute atomic E-state index is 13.3. The number of ketones is 1. The SMILES string of the molecule is CCCCCOc1ccc(C(=O)Nc2c(C(=O)c3ccc(OCC)cc3)oc3ccccc23)cc1. The number of para-hydroxylation sites is 1. The van der Waals surface area contributed by atoms with Crippen molar-refractivity contribution in [3.63, 3.8) is 0 Å². The van der Waals surface area contributed by atoms with Crippen molar-refractivity contribution in [1.29, 1.82) is 0 Å². The van der Waals surface area contributed by atoms with Gasteiger partial charge in [-0.3, -0.25) is 9.59 Å². The van der Waals surface area contributed by atoms with Crippen molar-refractivity contribution in [2.24, 2.45) is 0 Å². The lowest BCUT2D eigenvalue weighted by molar-refractivity contribution is 0.101. The summed E-state index contributed by atoms with van der Waals surface area (Å²) in [7, 11) is 0. The minimum atomic E-state index is -0.338. The lowest BCUT2D eigenvalue weighted by atomic mass is 10.1. The lowest BCUT2D eigenvalue weighted by Gasteiger charge is -2.09. The van der Waals surface area contributed by atoms with Crippen LogP contribution in [0.15, 0.2) is 77.2 Å². The molecule has 0 saturated carbocycles. The van der Waals surface area contributed by atoms with E-state index in [0.717, 1.165) is 25.0 Å². The second-order valence-electron chi connectivity index (χ2n) is 8.12. The van der Waals surface area contributed by atoms with Gasteiger partial charge in [0.05, 0.1) is 18.9 Å². The van der Waals surface area contributed by atoms with Gasteiger partial charge in [0.1, 0.15) is 17.1 Å². The third-order valence-electron chi connectivity index (χ3n) is 5.60. The average molecular weight is 472 g/mol. The predicted octanol–water partition coefficient (Wildman–Crippen LogP) is 6.88. The number of benzene rings is 3. The maximum atomic E-state index is 13.3. The normalized spacial score (nSPS) is 10.8. The van der Waals surface area contributed by atoms with Gasteiger partial charge >= 0.3 is 0 Å². The Balaban J connectivity index is 1.56. The molecule has 0 radical (unpaired) electrons. The molecule has 35 heavy (non-hydrogen) atoms. The quantitative estimate of drug-likeness (QED) is 0.190. The van der Waals surface area contributed by atoms with E-state index < -0.39 is 0 Å². The lowest BCUT2D eigenvalue weighted by Crippen LogP contribution is -2.14. The Hall–Kier alpha value is -4.06. The van der Waals surface area contributed by atoms with Crippen molar-refractivity contribution in [3.8, 4) is 11.5 Å². The molecule has 1 aromatic heterocycles. The monoisotopic (exact) mass is 471 g/mol. The van der Waals surface area contributed by atoms with Crippen molar-refractivity contribution < 1.29 is 23.5 Å². The highest BCUT2D eigenvalue weighted by Crippen LogP contribution is 2.33. The van der Waals surface area contributed by atoms with Crippen LogP contribution in [0, 0.1) is 0 Å². The van der Waals surface area contributed by atoms with Gasteiger partial charge in [-0.05, 0) is 74.0 Å². The molecule has 4 rings (SSSR count).